The summed E-state index contributed by atoms with van der Waals surface area (Å²) < 4.78 is 26.8. The Morgan fingerprint density at radius 2 is 2.21 bits per heavy atom. The van der Waals surface area contributed by atoms with Crippen LogP contribution in [-0.4, -0.2) is 31.9 Å². The number of hydrogen-bond acceptors (Lipinski definition) is 6. The fourth-order valence-corrected chi connectivity index (χ4v) is 4.68. The van der Waals surface area contributed by atoms with E-state index in [0.29, 0.717) is 36.5 Å². The topological polar surface area (TPSA) is 114 Å². The summed E-state index contributed by atoms with van der Waals surface area (Å²) in [6.45, 7) is 0.455. The number of fused-ring (bicyclic) bond motifs is 1. The lowest BCUT2D eigenvalue weighted by Crippen LogP contribution is -2.50. The van der Waals surface area contributed by atoms with Gasteiger partial charge in [-0.05, 0) is 30.9 Å². The van der Waals surface area contributed by atoms with Crippen LogP contribution in [0.3, 0.4) is 0 Å². The van der Waals surface area contributed by atoms with Crippen molar-refractivity contribution in [2.75, 3.05) is 12.3 Å². The number of nitrogens with two attached hydrogens (primary N) is 1. The van der Waals surface area contributed by atoms with Crippen LogP contribution in [0.5, 0.6) is 0 Å². The third-order valence-corrected chi connectivity index (χ3v) is 6.07. The summed E-state index contributed by atoms with van der Waals surface area (Å²) >= 11 is 1.39. The molecule has 9 heteroatoms. The van der Waals surface area contributed by atoms with E-state index in [1.165, 1.54) is 11.3 Å². The number of aryl methyl sites for hydroxylation is 1. The van der Waals surface area contributed by atoms with Crippen molar-refractivity contribution in [3.63, 3.8) is 0 Å². The molecule has 1 amide bonds. The monoisotopic (exact) mass is 366 g/mol. The number of rotatable bonds is 5. The van der Waals surface area contributed by atoms with Crippen LogP contribution >= 0.6 is 11.3 Å². The van der Waals surface area contributed by atoms with Gasteiger partial charge < -0.3 is 11.1 Å². The number of hydrogen-bond donors (Lipinski definition) is 3. The van der Waals surface area contributed by atoms with Gasteiger partial charge in [0.15, 0.2) is 5.13 Å². The minimum absolute atomic E-state index is 0.246. The summed E-state index contributed by atoms with van der Waals surface area (Å²) in [5.74, 6) is -0.314. The molecule has 1 atom stereocenters. The molecule has 0 unspecified atom stereocenters. The van der Waals surface area contributed by atoms with Gasteiger partial charge >= 0.3 is 0 Å². The zero-order valence-electron chi connectivity index (χ0n) is 12.9. The molecule has 0 aliphatic carbocycles. The average molecular weight is 366 g/mol. The zero-order chi connectivity index (χ0) is 17.2. The number of nitrogens with zero attached hydrogens (tertiary/aromatic N) is 1. The highest BCUT2D eigenvalue weighted by Gasteiger charge is 2.32. The lowest BCUT2D eigenvalue weighted by Gasteiger charge is -2.25. The Hall–Kier alpha value is -1.97. The summed E-state index contributed by atoms with van der Waals surface area (Å²) in [6, 6.07) is 5.95. The second kappa shape index (κ2) is 6.88. The van der Waals surface area contributed by atoms with Crippen LogP contribution < -0.4 is 15.8 Å². The van der Waals surface area contributed by atoms with Crippen LogP contribution in [-0.2, 0) is 27.7 Å². The number of thiazole rings is 1. The summed E-state index contributed by atoms with van der Waals surface area (Å²) in [5, 5.41) is 5.20. The molecule has 2 aromatic rings. The molecule has 3 rings (SSSR count). The van der Waals surface area contributed by atoms with Crippen molar-refractivity contribution in [3.8, 4) is 0 Å². The molecule has 0 saturated heterocycles. The van der Waals surface area contributed by atoms with Crippen molar-refractivity contribution in [1.29, 1.82) is 0 Å². The second-order valence-electron chi connectivity index (χ2n) is 5.56. The Morgan fingerprint density at radius 3 is 2.96 bits per heavy atom. The van der Waals surface area contributed by atoms with Gasteiger partial charge in [-0.15, -0.1) is 11.3 Å². The first-order valence-corrected chi connectivity index (χ1v) is 9.90. The first kappa shape index (κ1) is 16.9. The largest absolute Gasteiger partial charge is 0.375 e. The Kier molecular flexibility index (Phi) is 4.83. The Morgan fingerprint density at radius 1 is 1.42 bits per heavy atom. The molecule has 1 aliphatic heterocycles. The van der Waals surface area contributed by atoms with Gasteiger partial charge in [0, 0.05) is 11.9 Å². The summed E-state index contributed by atoms with van der Waals surface area (Å²) in [7, 11) is -3.64. The van der Waals surface area contributed by atoms with Crippen molar-refractivity contribution in [1.82, 2.24) is 15.0 Å². The van der Waals surface area contributed by atoms with Gasteiger partial charge in [-0.2, -0.15) is 4.72 Å². The number of aromatic nitrogens is 1. The van der Waals surface area contributed by atoms with Crippen molar-refractivity contribution < 1.29 is 13.2 Å². The fourth-order valence-electron chi connectivity index (χ4n) is 2.63. The smallest absolute Gasteiger partial charge is 0.241 e. The predicted molar refractivity (Wildman–Crippen MR) is 92.1 cm³/mol. The first-order valence-electron chi connectivity index (χ1n) is 7.53. The summed E-state index contributed by atoms with van der Waals surface area (Å²) in [4.78, 5) is 16.6. The van der Waals surface area contributed by atoms with Gasteiger partial charge in [0.2, 0.25) is 15.9 Å². The van der Waals surface area contributed by atoms with E-state index >= 15 is 0 Å². The van der Waals surface area contributed by atoms with E-state index in [1.54, 1.807) is 24.3 Å². The number of sulfonamides is 1. The molecule has 0 fully saturated rings. The lowest BCUT2D eigenvalue weighted by atomic mass is 10.1. The van der Waals surface area contributed by atoms with E-state index in [9.17, 15) is 13.2 Å². The van der Waals surface area contributed by atoms with Gasteiger partial charge in [0.25, 0.3) is 0 Å². The molecular formula is C15H18N4O3S2. The van der Waals surface area contributed by atoms with Crippen molar-refractivity contribution in [2.24, 2.45) is 0 Å². The molecular weight excluding hydrogens is 348 g/mol. The van der Waals surface area contributed by atoms with E-state index in [-0.39, 0.29) is 10.8 Å². The molecule has 24 heavy (non-hydrogen) atoms. The SMILES string of the molecule is Nc1nc(CCCNC(=O)[C@@H]2Cc3ccccc3S(=O)(=O)N2)cs1. The minimum atomic E-state index is -3.64. The number of carbonyl (C=O) groups is 1. The van der Waals surface area contributed by atoms with Gasteiger partial charge in [-0.1, -0.05) is 18.2 Å². The average Bonchev–Trinajstić information content (AvgIpc) is 2.96. The van der Waals surface area contributed by atoms with Crippen LogP contribution in [0.15, 0.2) is 34.5 Å². The van der Waals surface area contributed by atoms with E-state index < -0.39 is 16.1 Å². The number of nitrogens with one attached hydrogen (secondary N) is 2. The summed E-state index contributed by atoms with van der Waals surface area (Å²) in [6.07, 6.45) is 1.78. The van der Waals surface area contributed by atoms with E-state index in [1.807, 2.05) is 5.38 Å². The van der Waals surface area contributed by atoms with Gasteiger partial charge in [-0.3, -0.25) is 4.79 Å². The maximum atomic E-state index is 12.2. The Balaban J connectivity index is 1.54. The van der Waals surface area contributed by atoms with Crippen LogP contribution in [0.4, 0.5) is 5.13 Å². The third kappa shape index (κ3) is 3.74. The Bertz CT molecular complexity index is 848. The molecule has 1 aromatic heterocycles. The highest BCUT2D eigenvalue weighted by atomic mass is 32.2. The first-order chi connectivity index (χ1) is 11.5. The number of nitrogen functional groups attached to an aromatic ring is 1. The van der Waals surface area contributed by atoms with Crippen molar-refractivity contribution >= 4 is 32.4 Å². The van der Waals surface area contributed by atoms with E-state index in [4.69, 9.17) is 5.73 Å². The predicted octanol–water partition coefficient (Wildman–Crippen LogP) is 0.677. The molecule has 2 heterocycles. The summed E-state index contributed by atoms with van der Waals surface area (Å²) in [5.41, 5.74) is 7.13. The number of carbonyl (C=O) groups excluding carboxylic acids is 1. The van der Waals surface area contributed by atoms with Crippen LogP contribution in [0.2, 0.25) is 0 Å². The van der Waals surface area contributed by atoms with Crippen LogP contribution in [0, 0.1) is 0 Å². The molecule has 4 N–H and O–H groups in total. The normalized spacial score (nSPS) is 18.8. The maximum Gasteiger partial charge on any atom is 0.241 e. The number of anilines is 1. The highest BCUT2D eigenvalue weighted by molar-refractivity contribution is 7.89. The molecule has 0 bridgehead atoms. The fraction of sp³-hybridized carbons (Fsp3) is 0.333. The standard InChI is InChI=1S/C15H18N4O3S2/c16-15-18-11(9-23-15)5-3-7-17-14(20)12-8-10-4-1-2-6-13(10)24(21,22)19-12/h1-2,4,6,9,12,19H,3,5,7-8H2,(H2,16,18)(H,17,20)/t12-/m0/s1. The molecule has 1 aromatic carbocycles. The molecule has 128 valence electrons. The number of amides is 1. The van der Waals surface area contributed by atoms with Crippen LogP contribution in [0.1, 0.15) is 17.7 Å². The van der Waals surface area contributed by atoms with E-state index in [2.05, 4.69) is 15.0 Å². The molecule has 7 nitrogen and oxygen atoms in total. The van der Waals surface area contributed by atoms with Gasteiger partial charge in [-0.25, -0.2) is 13.4 Å². The Labute approximate surface area is 144 Å². The van der Waals surface area contributed by atoms with Gasteiger partial charge in [0.05, 0.1) is 10.6 Å². The quantitative estimate of drug-likeness (QED) is 0.673. The molecule has 0 saturated carbocycles. The van der Waals surface area contributed by atoms with E-state index in [0.717, 1.165) is 5.69 Å². The van der Waals surface area contributed by atoms with Crippen LogP contribution in [0.25, 0.3) is 0 Å². The lowest BCUT2D eigenvalue weighted by molar-refractivity contribution is -0.122. The maximum absolute atomic E-state index is 12.2. The van der Waals surface area contributed by atoms with Crippen molar-refractivity contribution in [2.45, 2.75) is 30.2 Å². The molecule has 0 radical (unpaired) electrons. The highest BCUT2D eigenvalue weighted by Crippen LogP contribution is 2.22. The number of benzene rings is 1. The molecule has 0 spiro atoms. The van der Waals surface area contributed by atoms with Gasteiger partial charge in [0.1, 0.15) is 6.04 Å². The molecule has 1 aliphatic rings. The third-order valence-electron chi connectivity index (χ3n) is 3.78. The van der Waals surface area contributed by atoms with Crippen molar-refractivity contribution in [3.05, 3.63) is 40.9 Å². The minimum Gasteiger partial charge on any atom is -0.375 e. The second-order valence-corrected chi connectivity index (χ2v) is 8.13. The zero-order valence-corrected chi connectivity index (χ0v) is 14.5.